The first kappa shape index (κ1) is 13.9. The van der Waals surface area contributed by atoms with Crippen LogP contribution in [0.4, 0.5) is 0 Å². The van der Waals surface area contributed by atoms with Gasteiger partial charge in [0.05, 0.1) is 19.0 Å². The average molecular weight is 238 g/mol. The molecule has 0 aromatic heterocycles. The van der Waals surface area contributed by atoms with Crippen molar-refractivity contribution in [1.29, 1.82) is 5.26 Å². The van der Waals surface area contributed by atoms with E-state index in [2.05, 4.69) is 22.5 Å². The minimum Gasteiger partial charge on any atom is -0.354 e. The van der Waals surface area contributed by atoms with Crippen LogP contribution in [0.25, 0.3) is 0 Å². The van der Waals surface area contributed by atoms with Crippen molar-refractivity contribution in [2.45, 2.75) is 32.2 Å². The van der Waals surface area contributed by atoms with Crippen LogP contribution in [-0.4, -0.2) is 49.6 Å². The summed E-state index contributed by atoms with van der Waals surface area (Å²) in [4.78, 5) is 13.8. The quantitative estimate of drug-likeness (QED) is 0.617. The summed E-state index contributed by atoms with van der Waals surface area (Å²) >= 11 is 0. The van der Waals surface area contributed by atoms with Gasteiger partial charge in [0, 0.05) is 19.1 Å². The van der Waals surface area contributed by atoms with E-state index in [1.165, 1.54) is 25.9 Å². The largest absolute Gasteiger partial charge is 0.354 e. The SMILES string of the molecule is CC(CN1CCCC1)NCC(=O)NCCC#N. The van der Waals surface area contributed by atoms with Gasteiger partial charge in [0.1, 0.15) is 0 Å². The Hall–Kier alpha value is -1.12. The molecule has 1 amide bonds. The van der Waals surface area contributed by atoms with Gasteiger partial charge in [-0.05, 0) is 32.9 Å². The maximum Gasteiger partial charge on any atom is 0.233 e. The molecule has 1 unspecified atom stereocenters. The third-order valence-electron chi connectivity index (χ3n) is 2.90. The number of hydrogen-bond acceptors (Lipinski definition) is 4. The van der Waals surface area contributed by atoms with Crippen LogP contribution in [0.1, 0.15) is 26.2 Å². The first-order valence-corrected chi connectivity index (χ1v) is 6.31. The highest BCUT2D eigenvalue weighted by Gasteiger charge is 2.14. The molecule has 0 aromatic carbocycles. The van der Waals surface area contributed by atoms with Crippen LogP contribution >= 0.6 is 0 Å². The molecule has 17 heavy (non-hydrogen) atoms. The predicted molar refractivity (Wildman–Crippen MR) is 66.4 cm³/mol. The molecule has 1 aliphatic heterocycles. The molecule has 5 nitrogen and oxygen atoms in total. The Balaban J connectivity index is 2.04. The van der Waals surface area contributed by atoms with Crippen LogP contribution in [0.3, 0.4) is 0 Å². The highest BCUT2D eigenvalue weighted by Crippen LogP contribution is 2.07. The summed E-state index contributed by atoms with van der Waals surface area (Å²) in [5.41, 5.74) is 0. The molecule has 1 saturated heterocycles. The molecule has 5 heteroatoms. The van der Waals surface area contributed by atoms with Gasteiger partial charge in [-0.25, -0.2) is 0 Å². The zero-order chi connectivity index (χ0) is 12.5. The molecular formula is C12H22N4O. The Labute approximate surface area is 103 Å². The van der Waals surface area contributed by atoms with E-state index < -0.39 is 0 Å². The van der Waals surface area contributed by atoms with E-state index in [-0.39, 0.29) is 5.91 Å². The normalized spacial score (nSPS) is 17.6. The van der Waals surface area contributed by atoms with Crippen molar-refractivity contribution in [2.24, 2.45) is 0 Å². The Bertz CT molecular complexity index is 268. The lowest BCUT2D eigenvalue weighted by Gasteiger charge is -2.20. The third-order valence-corrected chi connectivity index (χ3v) is 2.90. The molecule has 96 valence electrons. The van der Waals surface area contributed by atoms with Gasteiger partial charge in [0.2, 0.25) is 5.91 Å². The Morgan fingerprint density at radius 2 is 2.18 bits per heavy atom. The lowest BCUT2D eigenvalue weighted by molar-refractivity contribution is -0.120. The van der Waals surface area contributed by atoms with E-state index in [0.717, 1.165) is 6.54 Å². The zero-order valence-corrected chi connectivity index (χ0v) is 10.5. The van der Waals surface area contributed by atoms with Crippen LogP contribution in [0.5, 0.6) is 0 Å². The first-order chi connectivity index (χ1) is 8.22. The van der Waals surface area contributed by atoms with Gasteiger partial charge < -0.3 is 15.5 Å². The summed E-state index contributed by atoms with van der Waals surface area (Å²) in [6.45, 7) is 6.24. The van der Waals surface area contributed by atoms with Crippen LogP contribution in [-0.2, 0) is 4.79 Å². The van der Waals surface area contributed by atoms with Crippen LogP contribution < -0.4 is 10.6 Å². The molecule has 1 heterocycles. The van der Waals surface area contributed by atoms with Crippen molar-refractivity contribution < 1.29 is 4.79 Å². The molecule has 2 N–H and O–H groups in total. The van der Waals surface area contributed by atoms with Crippen LogP contribution in [0.15, 0.2) is 0 Å². The Kier molecular flexibility index (Phi) is 6.60. The number of hydrogen-bond donors (Lipinski definition) is 2. The fourth-order valence-electron chi connectivity index (χ4n) is 2.00. The molecular weight excluding hydrogens is 216 g/mol. The van der Waals surface area contributed by atoms with Gasteiger partial charge in [-0.1, -0.05) is 0 Å². The van der Waals surface area contributed by atoms with Gasteiger partial charge in [-0.15, -0.1) is 0 Å². The van der Waals surface area contributed by atoms with Gasteiger partial charge in [0.15, 0.2) is 0 Å². The zero-order valence-electron chi connectivity index (χ0n) is 10.5. The number of carbonyl (C=O) groups is 1. The fourth-order valence-corrected chi connectivity index (χ4v) is 2.00. The average Bonchev–Trinajstić information content (AvgIpc) is 2.79. The van der Waals surface area contributed by atoms with Crippen LogP contribution in [0, 0.1) is 11.3 Å². The van der Waals surface area contributed by atoms with Crippen molar-refractivity contribution in [1.82, 2.24) is 15.5 Å². The van der Waals surface area contributed by atoms with Crippen molar-refractivity contribution in [2.75, 3.05) is 32.7 Å². The number of likely N-dealkylation sites (tertiary alicyclic amines) is 1. The summed E-state index contributed by atoms with van der Waals surface area (Å²) in [6, 6.07) is 2.32. The summed E-state index contributed by atoms with van der Waals surface area (Å²) in [5, 5.41) is 14.2. The Morgan fingerprint density at radius 3 is 2.82 bits per heavy atom. The lowest BCUT2D eigenvalue weighted by atomic mass is 10.3. The maximum atomic E-state index is 11.4. The predicted octanol–water partition coefficient (Wildman–Crippen LogP) is 0.0902. The van der Waals surface area contributed by atoms with Gasteiger partial charge in [0.25, 0.3) is 0 Å². The molecule has 0 radical (unpaired) electrons. The smallest absolute Gasteiger partial charge is 0.233 e. The van der Waals surface area contributed by atoms with E-state index in [1.807, 2.05) is 6.07 Å². The second kappa shape index (κ2) is 8.04. The first-order valence-electron chi connectivity index (χ1n) is 6.31. The fraction of sp³-hybridized carbons (Fsp3) is 0.833. The summed E-state index contributed by atoms with van der Waals surface area (Å²) in [6.07, 6.45) is 2.96. The number of rotatable bonds is 7. The van der Waals surface area contributed by atoms with Gasteiger partial charge >= 0.3 is 0 Å². The second-order valence-corrected chi connectivity index (χ2v) is 4.55. The molecule has 1 fully saturated rings. The highest BCUT2D eigenvalue weighted by molar-refractivity contribution is 5.77. The minimum absolute atomic E-state index is 0.0338. The van der Waals surface area contributed by atoms with Crippen LogP contribution in [0.2, 0.25) is 0 Å². The number of nitrogens with zero attached hydrogens (tertiary/aromatic N) is 2. The van der Waals surface area contributed by atoms with Crippen molar-refractivity contribution in [3.05, 3.63) is 0 Å². The maximum absolute atomic E-state index is 11.4. The molecule has 0 spiro atoms. The topological polar surface area (TPSA) is 68.2 Å². The summed E-state index contributed by atoms with van der Waals surface area (Å²) < 4.78 is 0. The third kappa shape index (κ3) is 6.25. The highest BCUT2D eigenvalue weighted by atomic mass is 16.1. The second-order valence-electron chi connectivity index (χ2n) is 4.55. The monoisotopic (exact) mass is 238 g/mol. The standard InChI is InChI=1S/C12H22N4O/c1-11(10-16-7-2-3-8-16)15-9-12(17)14-6-4-5-13/h11,15H,2-4,6-10H2,1H3,(H,14,17). The molecule has 1 rings (SSSR count). The molecule has 1 aliphatic rings. The van der Waals surface area contributed by atoms with E-state index in [4.69, 9.17) is 5.26 Å². The molecule has 0 bridgehead atoms. The molecule has 1 atom stereocenters. The van der Waals surface area contributed by atoms with E-state index in [9.17, 15) is 4.79 Å². The number of nitrogens with one attached hydrogen (secondary N) is 2. The number of nitriles is 1. The Morgan fingerprint density at radius 1 is 1.47 bits per heavy atom. The van der Waals surface area contributed by atoms with E-state index in [1.54, 1.807) is 0 Å². The van der Waals surface area contributed by atoms with Gasteiger partial charge in [-0.2, -0.15) is 5.26 Å². The lowest BCUT2D eigenvalue weighted by Crippen LogP contribution is -2.43. The number of carbonyl (C=O) groups excluding carboxylic acids is 1. The van der Waals surface area contributed by atoms with Crippen molar-refractivity contribution >= 4 is 5.91 Å². The summed E-state index contributed by atoms with van der Waals surface area (Å²) in [5.74, 6) is -0.0338. The molecule has 0 aromatic rings. The minimum atomic E-state index is -0.0338. The van der Waals surface area contributed by atoms with Crippen molar-refractivity contribution in [3.8, 4) is 6.07 Å². The van der Waals surface area contributed by atoms with E-state index in [0.29, 0.717) is 25.6 Å². The molecule has 0 saturated carbocycles. The summed E-state index contributed by atoms with van der Waals surface area (Å²) in [7, 11) is 0. The van der Waals surface area contributed by atoms with Crippen molar-refractivity contribution in [3.63, 3.8) is 0 Å². The molecule has 0 aliphatic carbocycles. The number of amides is 1. The van der Waals surface area contributed by atoms with Gasteiger partial charge in [-0.3, -0.25) is 4.79 Å². The van der Waals surface area contributed by atoms with E-state index >= 15 is 0 Å².